The maximum absolute atomic E-state index is 4.91. The summed E-state index contributed by atoms with van der Waals surface area (Å²) in [4.78, 5) is 12.4. The number of nitrogens with one attached hydrogen (secondary N) is 2. The number of hydrogen-bond acceptors (Lipinski definition) is 4. The van der Waals surface area contributed by atoms with Gasteiger partial charge in [0, 0.05) is 52.4 Å². The highest BCUT2D eigenvalue weighted by Gasteiger charge is 2.19. The maximum atomic E-state index is 4.91. The summed E-state index contributed by atoms with van der Waals surface area (Å²) in [6.07, 6.45) is 0. The molecule has 170 valence electrons. The second-order valence-corrected chi connectivity index (χ2v) is 8.46. The Bertz CT molecular complexity index is 593. The fraction of sp³-hybridized carbons (Fsp3) is 0.708. The molecule has 2 unspecified atom stereocenters. The van der Waals surface area contributed by atoms with Gasteiger partial charge in [0.05, 0.1) is 6.04 Å². The van der Waals surface area contributed by atoms with Crippen LogP contribution >= 0.6 is 0 Å². The van der Waals surface area contributed by atoms with Crippen molar-refractivity contribution >= 4 is 5.96 Å². The van der Waals surface area contributed by atoms with Gasteiger partial charge in [-0.1, -0.05) is 51.1 Å². The molecule has 2 N–H and O–H groups in total. The molecule has 6 heteroatoms. The second kappa shape index (κ2) is 13.6. The molecule has 0 aliphatic carbocycles. The summed E-state index contributed by atoms with van der Waals surface area (Å²) in [7, 11) is 2.21. The van der Waals surface area contributed by atoms with Crippen LogP contribution in [-0.4, -0.2) is 93.2 Å². The van der Waals surface area contributed by atoms with Crippen molar-refractivity contribution in [3.8, 4) is 0 Å². The first-order valence-electron chi connectivity index (χ1n) is 11.8. The van der Waals surface area contributed by atoms with Crippen LogP contribution in [0.1, 0.15) is 39.3 Å². The minimum atomic E-state index is 0.341. The van der Waals surface area contributed by atoms with E-state index in [-0.39, 0.29) is 0 Å². The topological polar surface area (TPSA) is 46.1 Å². The number of guanidine groups is 1. The van der Waals surface area contributed by atoms with E-state index in [4.69, 9.17) is 4.99 Å². The first kappa shape index (κ1) is 24.6. The van der Waals surface area contributed by atoms with Gasteiger partial charge < -0.3 is 20.4 Å². The summed E-state index contributed by atoms with van der Waals surface area (Å²) in [5, 5.41) is 7.04. The van der Waals surface area contributed by atoms with Crippen molar-refractivity contribution in [3.05, 3.63) is 35.9 Å². The molecule has 1 aromatic carbocycles. The molecule has 1 heterocycles. The van der Waals surface area contributed by atoms with Crippen LogP contribution in [0.5, 0.6) is 0 Å². The van der Waals surface area contributed by atoms with E-state index in [9.17, 15) is 0 Å². The average molecular weight is 417 g/mol. The number of aliphatic imine (C=N–C) groups is 1. The minimum Gasteiger partial charge on any atom is -0.357 e. The molecule has 2 rings (SSSR count). The molecular formula is C24H44N6. The van der Waals surface area contributed by atoms with Gasteiger partial charge in [-0.2, -0.15) is 0 Å². The number of nitrogens with zero attached hydrogens (tertiary/aromatic N) is 4. The Morgan fingerprint density at radius 3 is 2.30 bits per heavy atom. The lowest BCUT2D eigenvalue weighted by atomic mass is 10.1. The van der Waals surface area contributed by atoms with Crippen molar-refractivity contribution in [1.82, 2.24) is 25.3 Å². The van der Waals surface area contributed by atoms with E-state index in [2.05, 4.69) is 90.4 Å². The normalized spacial score (nSPS) is 18.4. The first-order valence-corrected chi connectivity index (χ1v) is 11.8. The van der Waals surface area contributed by atoms with Gasteiger partial charge in [0.2, 0.25) is 0 Å². The van der Waals surface area contributed by atoms with E-state index in [1.165, 1.54) is 31.7 Å². The number of hydrogen-bond donors (Lipinski definition) is 2. The molecule has 1 aliphatic rings. The Balaban J connectivity index is 1.93. The van der Waals surface area contributed by atoms with Crippen molar-refractivity contribution < 1.29 is 0 Å². The van der Waals surface area contributed by atoms with E-state index in [0.29, 0.717) is 12.0 Å². The van der Waals surface area contributed by atoms with Gasteiger partial charge in [-0.25, -0.2) is 0 Å². The van der Waals surface area contributed by atoms with Crippen LogP contribution in [0.3, 0.4) is 0 Å². The second-order valence-electron chi connectivity index (χ2n) is 8.46. The molecule has 0 spiro atoms. The molecule has 0 saturated carbocycles. The summed E-state index contributed by atoms with van der Waals surface area (Å²) in [6.45, 7) is 19.4. The van der Waals surface area contributed by atoms with Crippen molar-refractivity contribution in [2.45, 2.75) is 33.7 Å². The summed E-state index contributed by atoms with van der Waals surface area (Å²) in [5.41, 5.74) is 1.35. The summed E-state index contributed by atoms with van der Waals surface area (Å²) in [5.74, 6) is 1.48. The van der Waals surface area contributed by atoms with Crippen LogP contribution in [0.25, 0.3) is 0 Å². The quantitative estimate of drug-likeness (QED) is 0.429. The molecule has 30 heavy (non-hydrogen) atoms. The largest absolute Gasteiger partial charge is 0.357 e. The Morgan fingerprint density at radius 1 is 1.03 bits per heavy atom. The van der Waals surface area contributed by atoms with Gasteiger partial charge in [0.25, 0.3) is 0 Å². The zero-order valence-corrected chi connectivity index (χ0v) is 19.9. The van der Waals surface area contributed by atoms with Gasteiger partial charge in [0.15, 0.2) is 5.96 Å². The predicted molar refractivity (Wildman–Crippen MR) is 129 cm³/mol. The number of piperazine rings is 1. The van der Waals surface area contributed by atoms with Gasteiger partial charge in [-0.05, 0) is 38.5 Å². The van der Waals surface area contributed by atoms with Crippen LogP contribution in [0.2, 0.25) is 0 Å². The Morgan fingerprint density at radius 2 is 1.70 bits per heavy atom. The van der Waals surface area contributed by atoms with Crippen LogP contribution in [0.15, 0.2) is 35.3 Å². The molecule has 6 nitrogen and oxygen atoms in total. The Hall–Kier alpha value is -1.63. The highest BCUT2D eigenvalue weighted by Crippen LogP contribution is 2.19. The molecule has 1 aromatic rings. The van der Waals surface area contributed by atoms with Gasteiger partial charge in [-0.3, -0.25) is 9.89 Å². The molecule has 0 bridgehead atoms. The molecule has 0 radical (unpaired) electrons. The van der Waals surface area contributed by atoms with E-state index >= 15 is 0 Å². The number of rotatable bonds is 11. The third kappa shape index (κ3) is 8.25. The standard InChI is InChI=1S/C24H44N6/c1-6-25-24(26-18-21(4)20-29-16-14-28(5)15-17-29)27-19-23(30(7-2)8-3)22-12-10-9-11-13-22/h9-13,21,23H,6-8,14-20H2,1-5H3,(H2,25,26,27). The van der Waals surface area contributed by atoms with Crippen molar-refractivity contribution in [2.75, 3.05) is 72.5 Å². The highest BCUT2D eigenvalue weighted by atomic mass is 15.2. The lowest BCUT2D eigenvalue weighted by molar-refractivity contribution is 0.140. The molecular weight excluding hydrogens is 372 g/mol. The minimum absolute atomic E-state index is 0.341. The van der Waals surface area contributed by atoms with Crippen molar-refractivity contribution in [1.29, 1.82) is 0 Å². The van der Waals surface area contributed by atoms with Crippen LogP contribution < -0.4 is 10.6 Å². The molecule has 1 saturated heterocycles. The maximum Gasteiger partial charge on any atom is 0.191 e. The van der Waals surface area contributed by atoms with E-state index in [0.717, 1.165) is 45.2 Å². The summed E-state index contributed by atoms with van der Waals surface area (Å²) >= 11 is 0. The third-order valence-corrected chi connectivity index (χ3v) is 5.97. The first-order chi connectivity index (χ1) is 14.6. The lowest BCUT2D eigenvalue weighted by Crippen LogP contribution is -2.46. The van der Waals surface area contributed by atoms with E-state index in [1.54, 1.807) is 0 Å². The fourth-order valence-electron chi connectivity index (χ4n) is 4.11. The molecule has 2 atom stereocenters. The van der Waals surface area contributed by atoms with Crippen molar-refractivity contribution in [2.24, 2.45) is 10.9 Å². The fourth-order valence-corrected chi connectivity index (χ4v) is 4.11. The van der Waals surface area contributed by atoms with Crippen LogP contribution in [-0.2, 0) is 0 Å². The average Bonchev–Trinajstić information content (AvgIpc) is 2.77. The van der Waals surface area contributed by atoms with Gasteiger partial charge >= 0.3 is 0 Å². The molecule has 0 aromatic heterocycles. The van der Waals surface area contributed by atoms with Gasteiger partial charge in [0.1, 0.15) is 0 Å². The molecule has 1 aliphatic heterocycles. The van der Waals surface area contributed by atoms with Crippen LogP contribution in [0.4, 0.5) is 0 Å². The van der Waals surface area contributed by atoms with E-state index < -0.39 is 0 Å². The van der Waals surface area contributed by atoms with E-state index in [1.807, 2.05) is 0 Å². The Kier molecular flexibility index (Phi) is 11.2. The lowest BCUT2D eigenvalue weighted by Gasteiger charge is -2.33. The molecule has 0 amide bonds. The summed E-state index contributed by atoms with van der Waals surface area (Å²) < 4.78 is 0. The Labute approximate surface area is 184 Å². The zero-order chi connectivity index (χ0) is 21.8. The SMILES string of the molecule is CCNC(=NCC(C)CN1CCN(C)CC1)NCC(c1ccccc1)N(CC)CC. The monoisotopic (exact) mass is 416 g/mol. The third-order valence-electron chi connectivity index (χ3n) is 5.97. The smallest absolute Gasteiger partial charge is 0.191 e. The van der Waals surface area contributed by atoms with Crippen molar-refractivity contribution in [3.63, 3.8) is 0 Å². The van der Waals surface area contributed by atoms with Gasteiger partial charge in [-0.15, -0.1) is 0 Å². The predicted octanol–water partition coefficient (Wildman–Crippen LogP) is 2.51. The summed E-state index contributed by atoms with van der Waals surface area (Å²) in [6, 6.07) is 11.1. The zero-order valence-electron chi connectivity index (χ0n) is 19.9. The number of likely N-dealkylation sites (N-methyl/N-ethyl adjacent to an activating group) is 2. The highest BCUT2D eigenvalue weighted by molar-refractivity contribution is 5.79. The number of benzene rings is 1. The molecule has 1 fully saturated rings. The van der Waals surface area contributed by atoms with Crippen LogP contribution in [0, 0.1) is 5.92 Å².